The van der Waals surface area contributed by atoms with Crippen molar-refractivity contribution in [1.29, 1.82) is 0 Å². The molecule has 1 aromatic rings. The molecule has 0 aliphatic carbocycles. The largest absolute Gasteiger partial charge is 0.377 e. The smallest absolute Gasteiger partial charge is 0.148 e. The minimum Gasteiger partial charge on any atom is -0.377 e. The van der Waals surface area contributed by atoms with Gasteiger partial charge in [-0.1, -0.05) is 0 Å². The standard InChI is InChI=1S/C12H19BrN4O/c1-3-14-11-10(13)12(16-8-15-11)17-5-4-6-18-9(2)7-17/h8-9H,3-7H2,1-2H3,(H,14,15,16). The Kier molecular flexibility index (Phi) is 4.77. The van der Waals surface area contributed by atoms with Gasteiger partial charge in [-0.3, -0.25) is 0 Å². The number of nitrogens with zero attached hydrogens (tertiary/aromatic N) is 3. The van der Waals surface area contributed by atoms with Gasteiger partial charge in [0.25, 0.3) is 0 Å². The van der Waals surface area contributed by atoms with E-state index in [0.29, 0.717) is 0 Å². The van der Waals surface area contributed by atoms with Gasteiger partial charge in [0.05, 0.1) is 6.10 Å². The fourth-order valence-corrected chi connectivity index (χ4v) is 2.65. The van der Waals surface area contributed by atoms with Crippen LogP contribution in [0.2, 0.25) is 0 Å². The normalized spacial score (nSPS) is 20.6. The number of hydrogen-bond donors (Lipinski definition) is 1. The molecule has 2 rings (SSSR count). The van der Waals surface area contributed by atoms with Crippen molar-refractivity contribution in [3.05, 3.63) is 10.8 Å². The quantitative estimate of drug-likeness (QED) is 0.927. The van der Waals surface area contributed by atoms with Gasteiger partial charge in [0.1, 0.15) is 22.4 Å². The summed E-state index contributed by atoms with van der Waals surface area (Å²) in [6.45, 7) is 7.64. The lowest BCUT2D eigenvalue weighted by Crippen LogP contribution is -2.31. The van der Waals surface area contributed by atoms with Crippen LogP contribution in [-0.2, 0) is 4.74 Å². The van der Waals surface area contributed by atoms with Crippen molar-refractivity contribution in [3.63, 3.8) is 0 Å². The minimum atomic E-state index is 0.233. The molecule has 0 spiro atoms. The molecule has 1 N–H and O–H groups in total. The highest BCUT2D eigenvalue weighted by atomic mass is 79.9. The van der Waals surface area contributed by atoms with E-state index in [9.17, 15) is 0 Å². The topological polar surface area (TPSA) is 50.3 Å². The van der Waals surface area contributed by atoms with Crippen molar-refractivity contribution >= 4 is 27.6 Å². The van der Waals surface area contributed by atoms with Crippen LogP contribution in [0, 0.1) is 0 Å². The van der Waals surface area contributed by atoms with Crippen LogP contribution in [0.4, 0.5) is 11.6 Å². The first-order valence-corrected chi connectivity index (χ1v) is 7.12. The Morgan fingerprint density at radius 2 is 2.39 bits per heavy atom. The molecule has 1 aliphatic rings. The third-order valence-electron chi connectivity index (χ3n) is 2.87. The third-order valence-corrected chi connectivity index (χ3v) is 3.60. The summed E-state index contributed by atoms with van der Waals surface area (Å²) in [6.07, 6.45) is 2.86. The Labute approximate surface area is 116 Å². The van der Waals surface area contributed by atoms with Gasteiger partial charge in [-0.25, -0.2) is 9.97 Å². The highest BCUT2D eigenvalue weighted by Gasteiger charge is 2.20. The molecule has 0 bridgehead atoms. The number of anilines is 2. The summed E-state index contributed by atoms with van der Waals surface area (Å²) in [7, 11) is 0. The van der Waals surface area contributed by atoms with Crippen molar-refractivity contribution < 1.29 is 4.74 Å². The molecule has 1 fully saturated rings. The average molecular weight is 315 g/mol. The van der Waals surface area contributed by atoms with Crippen LogP contribution < -0.4 is 10.2 Å². The summed E-state index contributed by atoms with van der Waals surface area (Å²) in [5.41, 5.74) is 0. The Morgan fingerprint density at radius 1 is 1.56 bits per heavy atom. The van der Waals surface area contributed by atoms with Gasteiger partial charge in [-0.15, -0.1) is 0 Å². The summed E-state index contributed by atoms with van der Waals surface area (Å²) >= 11 is 3.59. The van der Waals surface area contributed by atoms with Crippen molar-refractivity contribution in [2.24, 2.45) is 0 Å². The molecule has 0 saturated carbocycles. The van der Waals surface area contributed by atoms with Gasteiger partial charge in [0.15, 0.2) is 0 Å². The SMILES string of the molecule is CCNc1ncnc(N2CCCOC(C)C2)c1Br. The van der Waals surface area contributed by atoms with E-state index in [1.807, 2.05) is 0 Å². The van der Waals surface area contributed by atoms with Crippen molar-refractivity contribution in [3.8, 4) is 0 Å². The van der Waals surface area contributed by atoms with Crippen LogP contribution in [-0.4, -0.2) is 42.3 Å². The molecule has 6 heteroatoms. The first-order chi connectivity index (χ1) is 8.72. The summed E-state index contributed by atoms with van der Waals surface area (Å²) < 4.78 is 6.59. The molecule has 1 aliphatic heterocycles. The molecule has 2 heterocycles. The van der Waals surface area contributed by atoms with E-state index in [4.69, 9.17) is 4.74 Å². The average Bonchev–Trinajstić information content (AvgIpc) is 2.57. The monoisotopic (exact) mass is 314 g/mol. The molecule has 0 amide bonds. The molecular weight excluding hydrogens is 296 g/mol. The Balaban J connectivity index is 2.23. The van der Waals surface area contributed by atoms with E-state index in [0.717, 1.165) is 48.8 Å². The molecule has 0 aromatic carbocycles. The predicted octanol–water partition coefficient (Wildman–Crippen LogP) is 2.29. The molecule has 1 aromatic heterocycles. The molecule has 1 atom stereocenters. The van der Waals surface area contributed by atoms with E-state index >= 15 is 0 Å². The van der Waals surface area contributed by atoms with Gasteiger partial charge in [0.2, 0.25) is 0 Å². The van der Waals surface area contributed by atoms with E-state index < -0.39 is 0 Å². The second-order valence-electron chi connectivity index (χ2n) is 4.37. The van der Waals surface area contributed by atoms with E-state index in [-0.39, 0.29) is 6.10 Å². The number of nitrogens with one attached hydrogen (secondary N) is 1. The minimum absolute atomic E-state index is 0.233. The first kappa shape index (κ1) is 13.5. The summed E-state index contributed by atoms with van der Waals surface area (Å²) in [5.74, 6) is 1.79. The highest BCUT2D eigenvalue weighted by Crippen LogP contribution is 2.30. The zero-order valence-corrected chi connectivity index (χ0v) is 12.4. The maximum absolute atomic E-state index is 5.66. The lowest BCUT2D eigenvalue weighted by molar-refractivity contribution is 0.0820. The van der Waals surface area contributed by atoms with E-state index in [2.05, 4.69) is 50.0 Å². The van der Waals surface area contributed by atoms with Gasteiger partial charge < -0.3 is 15.0 Å². The summed E-state index contributed by atoms with van der Waals surface area (Å²) in [5, 5.41) is 3.23. The van der Waals surface area contributed by atoms with Gasteiger partial charge >= 0.3 is 0 Å². The molecule has 1 unspecified atom stereocenters. The number of ether oxygens (including phenoxy) is 1. The maximum Gasteiger partial charge on any atom is 0.148 e. The zero-order valence-electron chi connectivity index (χ0n) is 10.8. The second kappa shape index (κ2) is 6.33. The molecule has 0 radical (unpaired) electrons. The van der Waals surface area contributed by atoms with Crippen LogP contribution >= 0.6 is 15.9 Å². The molecule has 1 saturated heterocycles. The van der Waals surface area contributed by atoms with Gasteiger partial charge in [-0.05, 0) is 36.2 Å². The Morgan fingerprint density at radius 3 is 3.17 bits per heavy atom. The predicted molar refractivity (Wildman–Crippen MR) is 76.1 cm³/mol. The molecule has 5 nitrogen and oxygen atoms in total. The summed E-state index contributed by atoms with van der Waals surface area (Å²) in [4.78, 5) is 10.9. The van der Waals surface area contributed by atoms with Crippen LogP contribution in [0.5, 0.6) is 0 Å². The number of rotatable bonds is 3. The lowest BCUT2D eigenvalue weighted by Gasteiger charge is -2.24. The molecule has 100 valence electrons. The van der Waals surface area contributed by atoms with Gasteiger partial charge in [-0.2, -0.15) is 0 Å². The van der Waals surface area contributed by atoms with Crippen molar-refractivity contribution in [1.82, 2.24) is 9.97 Å². The van der Waals surface area contributed by atoms with E-state index in [1.165, 1.54) is 0 Å². The third kappa shape index (κ3) is 3.11. The zero-order chi connectivity index (χ0) is 13.0. The Bertz CT molecular complexity index is 402. The molecular formula is C12H19BrN4O. The van der Waals surface area contributed by atoms with Crippen LogP contribution in [0.15, 0.2) is 10.8 Å². The fraction of sp³-hybridized carbons (Fsp3) is 0.667. The van der Waals surface area contributed by atoms with E-state index in [1.54, 1.807) is 6.33 Å². The van der Waals surface area contributed by atoms with Gasteiger partial charge in [0, 0.05) is 26.2 Å². The lowest BCUT2D eigenvalue weighted by atomic mass is 10.3. The van der Waals surface area contributed by atoms with Crippen LogP contribution in [0.1, 0.15) is 20.3 Å². The fourth-order valence-electron chi connectivity index (χ4n) is 2.06. The van der Waals surface area contributed by atoms with Crippen molar-refractivity contribution in [2.75, 3.05) is 36.5 Å². The van der Waals surface area contributed by atoms with Crippen LogP contribution in [0.3, 0.4) is 0 Å². The van der Waals surface area contributed by atoms with Crippen LogP contribution in [0.25, 0.3) is 0 Å². The number of aromatic nitrogens is 2. The second-order valence-corrected chi connectivity index (χ2v) is 5.16. The highest BCUT2D eigenvalue weighted by molar-refractivity contribution is 9.10. The van der Waals surface area contributed by atoms with Crippen molar-refractivity contribution in [2.45, 2.75) is 26.4 Å². The molecule has 18 heavy (non-hydrogen) atoms. The number of halogens is 1. The number of hydrogen-bond acceptors (Lipinski definition) is 5. The Hall–Kier alpha value is -0.880. The first-order valence-electron chi connectivity index (χ1n) is 6.33. The summed E-state index contributed by atoms with van der Waals surface area (Å²) in [6, 6.07) is 0. The maximum atomic E-state index is 5.66.